The Balaban J connectivity index is 2.33. The second-order valence-corrected chi connectivity index (χ2v) is 7.83. The Morgan fingerprint density at radius 1 is 1.39 bits per heavy atom. The molecule has 0 unspecified atom stereocenters. The number of aryl methyl sites for hydroxylation is 1. The average Bonchev–Trinajstić information content (AvgIpc) is 2.81. The minimum absolute atomic E-state index is 0.0285. The highest BCUT2D eigenvalue weighted by Gasteiger charge is 2.23. The van der Waals surface area contributed by atoms with Crippen LogP contribution in [0.5, 0.6) is 0 Å². The number of nitrogens with one attached hydrogen (secondary N) is 1. The first-order chi connectivity index (χ1) is 10.7. The monoisotopic (exact) mass is 394 g/mol. The lowest BCUT2D eigenvalue weighted by Gasteiger charge is -2.07. The fourth-order valence-electron chi connectivity index (χ4n) is 1.68. The van der Waals surface area contributed by atoms with Gasteiger partial charge in [0, 0.05) is 5.02 Å². The summed E-state index contributed by atoms with van der Waals surface area (Å²) in [6, 6.07) is 4.10. The third kappa shape index (κ3) is 4.14. The van der Waals surface area contributed by atoms with Crippen molar-refractivity contribution >= 4 is 55.7 Å². The summed E-state index contributed by atoms with van der Waals surface area (Å²) in [5, 5.41) is 0.305. The SMILES string of the molecule is CCOC(=O)c1sc(NS(=O)(=O)c2cc(Cl)ccc2Cl)nc1C. The van der Waals surface area contributed by atoms with Gasteiger partial charge in [-0.3, -0.25) is 4.72 Å². The molecule has 1 heterocycles. The molecule has 0 saturated carbocycles. The lowest BCUT2D eigenvalue weighted by Crippen LogP contribution is -2.13. The standard InChI is InChI=1S/C13H12Cl2N2O4S2/c1-3-21-12(18)11-7(2)16-13(22-11)17-23(19,20)10-6-8(14)4-5-9(10)15/h4-6H,3H2,1-2H3,(H,16,17). The summed E-state index contributed by atoms with van der Waals surface area (Å²) in [5.41, 5.74) is 0.378. The molecular weight excluding hydrogens is 383 g/mol. The molecule has 6 nitrogen and oxygen atoms in total. The van der Waals surface area contributed by atoms with Crippen molar-refractivity contribution in [3.05, 3.63) is 38.8 Å². The molecule has 0 aliphatic rings. The summed E-state index contributed by atoms with van der Waals surface area (Å²) in [6.45, 7) is 3.49. The van der Waals surface area contributed by atoms with Crippen LogP contribution in [0.25, 0.3) is 0 Å². The molecule has 2 aromatic rings. The highest BCUT2D eigenvalue weighted by atomic mass is 35.5. The van der Waals surface area contributed by atoms with Gasteiger partial charge in [0.2, 0.25) is 0 Å². The van der Waals surface area contributed by atoms with Gasteiger partial charge in [0.25, 0.3) is 10.0 Å². The van der Waals surface area contributed by atoms with Gasteiger partial charge in [-0.1, -0.05) is 34.5 Å². The van der Waals surface area contributed by atoms with Crippen molar-refractivity contribution in [3.63, 3.8) is 0 Å². The van der Waals surface area contributed by atoms with E-state index in [1.807, 2.05) is 0 Å². The third-order valence-electron chi connectivity index (χ3n) is 2.66. The van der Waals surface area contributed by atoms with Crippen LogP contribution in [0.1, 0.15) is 22.3 Å². The fourth-order valence-corrected chi connectivity index (χ4v) is 4.54. The molecule has 2 rings (SSSR count). The largest absolute Gasteiger partial charge is 0.462 e. The molecular formula is C13H12Cl2N2O4S2. The first-order valence-electron chi connectivity index (χ1n) is 6.37. The molecule has 0 atom stereocenters. The first-order valence-corrected chi connectivity index (χ1v) is 9.42. The molecule has 0 spiro atoms. The number of thiazole rings is 1. The highest BCUT2D eigenvalue weighted by molar-refractivity contribution is 7.93. The Bertz CT molecular complexity index is 850. The number of esters is 1. The zero-order valence-corrected chi connectivity index (χ0v) is 15.2. The molecule has 23 heavy (non-hydrogen) atoms. The van der Waals surface area contributed by atoms with Crippen LogP contribution in [0, 0.1) is 6.92 Å². The lowest BCUT2D eigenvalue weighted by molar-refractivity contribution is 0.0531. The molecule has 0 fully saturated rings. The van der Waals surface area contributed by atoms with Gasteiger partial charge in [-0.05, 0) is 32.0 Å². The molecule has 0 bridgehead atoms. The Labute approximate surface area is 147 Å². The number of benzene rings is 1. The van der Waals surface area contributed by atoms with E-state index in [-0.39, 0.29) is 31.6 Å². The first kappa shape index (κ1) is 18.0. The van der Waals surface area contributed by atoms with E-state index in [9.17, 15) is 13.2 Å². The van der Waals surface area contributed by atoms with Crippen LogP contribution in [0.2, 0.25) is 10.0 Å². The van der Waals surface area contributed by atoms with Gasteiger partial charge in [0.1, 0.15) is 9.77 Å². The molecule has 0 amide bonds. The topological polar surface area (TPSA) is 85.4 Å². The van der Waals surface area contributed by atoms with Crippen molar-refractivity contribution in [2.75, 3.05) is 11.3 Å². The minimum atomic E-state index is -3.98. The molecule has 0 aliphatic heterocycles. The number of aromatic nitrogens is 1. The number of halogens is 2. The highest BCUT2D eigenvalue weighted by Crippen LogP contribution is 2.29. The number of carbonyl (C=O) groups excluding carboxylic acids is 1. The third-order valence-corrected chi connectivity index (χ3v) is 5.90. The summed E-state index contributed by atoms with van der Waals surface area (Å²) in [7, 11) is -3.98. The maximum atomic E-state index is 12.4. The van der Waals surface area contributed by atoms with Crippen LogP contribution in [-0.4, -0.2) is 26.0 Å². The number of carbonyl (C=O) groups is 1. The summed E-state index contributed by atoms with van der Waals surface area (Å²) < 4.78 is 32.0. The quantitative estimate of drug-likeness (QED) is 0.780. The number of nitrogens with zero attached hydrogens (tertiary/aromatic N) is 1. The summed E-state index contributed by atoms with van der Waals surface area (Å²) in [6.07, 6.45) is 0. The smallest absolute Gasteiger partial charge is 0.350 e. The molecule has 10 heteroatoms. The van der Waals surface area contributed by atoms with Crippen LogP contribution in [0.15, 0.2) is 23.1 Å². The van der Waals surface area contributed by atoms with Crippen molar-refractivity contribution < 1.29 is 17.9 Å². The Morgan fingerprint density at radius 2 is 2.09 bits per heavy atom. The van der Waals surface area contributed by atoms with Crippen molar-refractivity contribution in [1.29, 1.82) is 0 Å². The predicted molar refractivity (Wildman–Crippen MR) is 90.1 cm³/mol. The van der Waals surface area contributed by atoms with Crippen molar-refractivity contribution in [1.82, 2.24) is 4.98 Å². The zero-order chi connectivity index (χ0) is 17.2. The number of hydrogen-bond acceptors (Lipinski definition) is 6. The number of anilines is 1. The van der Waals surface area contributed by atoms with E-state index in [1.54, 1.807) is 13.8 Å². The Morgan fingerprint density at radius 3 is 2.74 bits per heavy atom. The molecule has 1 aromatic heterocycles. The maximum absolute atomic E-state index is 12.4. The van der Waals surface area contributed by atoms with Crippen LogP contribution in [0.3, 0.4) is 0 Å². The van der Waals surface area contributed by atoms with Gasteiger partial charge >= 0.3 is 5.97 Å². The van der Waals surface area contributed by atoms with Crippen LogP contribution in [-0.2, 0) is 14.8 Å². The van der Waals surface area contributed by atoms with E-state index in [0.29, 0.717) is 5.69 Å². The molecule has 1 N–H and O–H groups in total. The van der Waals surface area contributed by atoms with E-state index in [1.165, 1.54) is 18.2 Å². The van der Waals surface area contributed by atoms with Crippen LogP contribution >= 0.6 is 34.5 Å². The van der Waals surface area contributed by atoms with E-state index >= 15 is 0 Å². The molecule has 0 aliphatic carbocycles. The van der Waals surface area contributed by atoms with Gasteiger partial charge in [0.15, 0.2) is 5.13 Å². The minimum Gasteiger partial charge on any atom is -0.462 e. The van der Waals surface area contributed by atoms with E-state index in [0.717, 1.165) is 11.3 Å². The van der Waals surface area contributed by atoms with Gasteiger partial charge in [-0.15, -0.1) is 0 Å². The molecule has 0 radical (unpaired) electrons. The van der Waals surface area contributed by atoms with Crippen molar-refractivity contribution in [2.24, 2.45) is 0 Å². The van der Waals surface area contributed by atoms with Gasteiger partial charge in [-0.2, -0.15) is 0 Å². The van der Waals surface area contributed by atoms with Crippen molar-refractivity contribution in [3.8, 4) is 0 Å². The number of sulfonamides is 1. The zero-order valence-electron chi connectivity index (χ0n) is 12.1. The summed E-state index contributed by atoms with van der Waals surface area (Å²) >= 11 is 12.6. The van der Waals surface area contributed by atoms with Gasteiger partial charge in [-0.25, -0.2) is 18.2 Å². The van der Waals surface area contributed by atoms with E-state index < -0.39 is 16.0 Å². The average molecular weight is 395 g/mol. The maximum Gasteiger partial charge on any atom is 0.350 e. The molecule has 0 saturated heterocycles. The normalized spacial score (nSPS) is 11.3. The van der Waals surface area contributed by atoms with E-state index in [4.69, 9.17) is 27.9 Å². The van der Waals surface area contributed by atoms with Crippen LogP contribution < -0.4 is 4.72 Å². The summed E-state index contributed by atoms with van der Waals surface area (Å²) in [5.74, 6) is -0.547. The fraction of sp³-hybridized carbons (Fsp3) is 0.231. The van der Waals surface area contributed by atoms with Gasteiger partial charge in [0.05, 0.1) is 17.3 Å². The Kier molecular flexibility index (Phi) is 5.51. The van der Waals surface area contributed by atoms with Crippen LogP contribution in [0.4, 0.5) is 5.13 Å². The second-order valence-electron chi connectivity index (χ2n) is 4.33. The Hall–Kier alpha value is -1.35. The molecule has 1 aromatic carbocycles. The number of rotatable bonds is 5. The van der Waals surface area contributed by atoms with E-state index in [2.05, 4.69) is 9.71 Å². The van der Waals surface area contributed by atoms with Gasteiger partial charge < -0.3 is 4.74 Å². The molecule has 124 valence electrons. The predicted octanol–water partition coefficient (Wildman–Crippen LogP) is 3.74. The summed E-state index contributed by atoms with van der Waals surface area (Å²) in [4.78, 5) is 15.8. The van der Waals surface area contributed by atoms with Crippen molar-refractivity contribution in [2.45, 2.75) is 18.7 Å². The second kappa shape index (κ2) is 7.04. The lowest BCUT2D eigenvalue weighted by atomic mass is 10.4. The number of hydrogen-bond donors (Lipinski definition) is 1. The number of ether oxygens (including phenoxy) is 1.